The van der Waals surface area contributed by atoms with Crippen molar-refractivity contribution in [3.8, 4) is 61.3 Å². The van der Waals surface area contributed by atoms with Crippen molar-refractivity contribution in [2.24, 2.45) is 0 Å². The van der Waals surface area contributed by atoms with Crippen molar-refractivity contribution in [2.75, 3.05) is 0 Å². The summed E-state index contributed by atoms with van der Waals surface area (Å²) < 4.78 is 2.40. The van der Waals surface area contributed by atoms with Crippen molar-refractivity contribution in [1.82, 2.24) is 4.57 Å². The standard InChI is InChI=1S/C63H45N/c1-42-14-5-6-19-53(42)59-40-49(46-26-28-47(29-27-46)63-57-23-9-7-20-54(57)55-21-8-10-24-58(55)63)30-31-51(59)39-43-15-13-18-48(38-43)50-34-37-62-60(41-50)56-22-11-12-25-61(56)64(62)52-35-32-45(33-36-52)44-16-3-2-4-17-44/h2-38,40-41,63H,39H2,1H3. The number of hydrogen-bond acceptors (Lipinski definition) is 0. The number of aryl methyl sites for hydroxylation is 1. The molecule has 0 spiro atoms. The van der Waals surface area contributed by atoms with E-state index in [1.54, 1.807) is 0 Å². The first kappa shape index (κ1) is 37.7. The lowest BCUT2D eigenvalue weighted by atomic mass is 9.87. The Labute approximate surface area is 375 Å². The van der Waals surface area contributed by atoms with Crippen LogP contribution >= 0.6 is 0 Å². The SMILES string of the molecule is Cc1ccccc1-c1cc(-c2ccc(C3c4ccccc4-c4ccccc43)cc2)ccc1Cc1cccc(-c2ccc3c(c2)c2ccccc2n3-c2ccc(-c3ccccc3)cc2)c1. The van der Waals surface area contributed by atoms with Crippen LogP contribution in [0.5, 0.6) is 0 Å². The van der Waals surface area contributed by atoms with E-state index in [-0.39, 0.29) is 5.92 Å². The Morgan fingerprint density at radius 3 is 1.67 bits per heavy atom. The molecule has 1 heteroatoms. The van der Waals surface area contributed by atoms with Crippen LogP contribution < -0.4 is 0 Å². The highest BCUT2D eigenvalue weighted by atomic mass is 15.0. The molecule has 12 rings (SSSR count). The highest BCUT2D eigenvalue weighted by Crippen LogP contribution is 2.48. The predicted molar refractivity (Wildman–Crippen MR) is 269 cm³/mol. The van der Waals surface area contributed by atoms with Crippen LogP contribution in [-0.2, 0) is 6.42 Å². The Morgan fingerprint density at radius 2 is 0.906 bits per heavy atom. The largest absolute Gasteiger partial charge is 0.309 e. The summed E-state index contributed by atoms with van der Waals surface area (Å²) in [5, 5.41) is 2.52. The number of nitrogens with zero attached hydrogens (tertiary/aromatic N) is 1. The van der Waals surface area contributed by atoms with Crippen molar-refractivity contribution < 1.29 is 0 Å². The molecule has 10 aromatic carbocycles. The van der Waals surface area contributed by atoms with Crippen LogP contribution in [-0.4, -0.2) is 4.57 Å². The van der Waals surface area contributed by atoms with Crippen LogP contribution in [0.25, 0.3) is 83.1 Å². The van der Waals surface area contributed by atoms with Gasteiger partial charge in [0.2, 0.25) is 0 Å². The van der Waals surface area contributed by atoms with Gasteiger partial charge in [0.1, 0.15) is 0 Å². The molecule has 0 atom stereocenters. The van der Waals surface area contributed by atoms with Crippen LogP contribution in [0.15, 0.2) is 237 Å². The van der Waals surface area contributed by atoms with Crippen LogP contribution in [0.4, 0.5) is 0 Å². The maximum atomic E-state index is 2.41. The lowest BCUT2D eigenvalue weighted by molar-refractivity contribution is 1.02. The second-order valence-corrected chi connectivity index (χ2v) is 17.3. The minimum atomic E-state index is 0.243. The number of fused-ring (bicyclic) bond motifs is 6. The zero-order chi connectivity index (χ0) is 42.6. The molecule has 0 fully saturated rings. The van der Waals surface area contributed by atoms with E-state index in [1.165, 1.54) is 111 Å². The van der Waals surface area contributed by atoms with Crippen LogP contribution in [0.3, 0.4) is 0 Å². The van der Waals surface area contributed by atoms with Gasteiger partial charge < -0.3 is 4.57 Å². The van der Waals surface area contributed by atoms with Gasteiger partial charge in [0.15, 0.2) is 0 Å². The molecule has 302 valence electrons. The molecule has 1 aromatic heterocycles. The normalized spacial score (nSPS) is 12.1. The fourth-order valence-corrected chi connectivity index (χ4v) is 10.4. The number of para-hydroxylation sites is 1. The number of rotatable bonds is 8. The Hall–Kier alpha value is -8.00. The molecule has 64 heavy (non-hydrogen) atoms. The van der Waals surface area contributed by atoms with Gasteiger partial charge in [-0.15, -0.1) is 0 Å². The number of hydrogen-bond donors (Lipinski definition) is 0. The molecule has 0 bridgehead atoms. The number of aromatic nitrogens is 1. The van der Waals surface area contributed by atoms with Crippen molar-refractivity contribution >= 4 is 21.8 Å². The van der Waals surface area contributed by atoms with Gasteiger partial charge in [-0.1, -0.05) is 200 Å². The highest BCUT2D eigenvalue weighted by molar-refractivity contribution is 6.10. The van der Waals surface area contributed by atoms with Crippen molar-refractivity contribution in [3.05, 3.63) is 270 Å². The summed E-state index contributed by atoms with van der Waals surface area (Å²) in [7, 11) is 0. The molecule has 1 aliphatic rings. The second kappa shape index (κ2) is 15.7. The third kappa shape index (κ3) is 6.57. The van der Waals surface area contributed by atoms with Gasteiger partial charge in [0.25, 0.3) is 0 Å². The van der Waals surface area contributed by atoms with E-state index in [0.717, 1.165) is 12.1 Å². The summed E-state index contributed by atoms with van der Waals surface area (Å²) in [4.78, 5) is 0. The predicted octanol–water partition coefficient (Wildman–Crippen LogP) is 16.5. The molecule has 0 aliphatic heterocycles. The maximum Gasteiger partial charge on any atom is 0.0541 e. The van der Waals surface area contributed by atoms with Crippen molar-refractivity contribution in [1.29, 1.82) is 0 Å². The first-order valence-corrected chi connectivity index (χ1v) is 22.4. The monoisotopic (exact) mass is 815 g/mol. The summed E-state index contributed by atoms with van der Waals surface area (Å²) in [5.74, 6) is 0.243. The average molecular weight is 816 g/mol. The zero-order valence-corrected chi connectivity index (χ0v) is 35.7. The molecule has 0 saturated carbocycles. The third-order valence-electron chi connectivity index (χ3n) is 13.5. The molecule has 0 N–H and O–H groups in total. The first-order valence-electron chi connectivity index (χ1n) is 22.4. The lowest BCUT2D eigenvalue weighted by Crippen LogP contribution is -1.99. The van der Waals surface area contributed by atoms with Gasteiger partial charge in [-0.3, -0.25) is 0 Å². The fraction of sp³-hybridized carbons (Fsp3) is 0.0476. The van der Waals surface area contributed by atoms with Gasteiger partial charge in [0.05, 0.1) is 11.0 Å². The zero-order valence-electron chi connectivity index (χ0n) is 35.7. The van der Waals surface area contributed by atoms with E-state index in [0.29, 0.717) is 0 Å². The van der Waals surface area contributed by atoms with Crippen LogP contribution in [0, 0.1) is 6.92 Å². The van der Waals surface area contributed by atoms with Gasteiger partial charge in [-0.25, -0.2) is 0 Å². The molecule has 11 aromatic rings. The Bertz CT molecular complexity index is 3470. The van der Waals surface area contributed by atoms with E-state index < -0.39 is 0 Å². The smallest absolute Gasteiger partial charge is 0.0541 e. The molecular weight excluding hydrogens is 771 g/mol. The van der Waals surface area contributed by atoms with Gasteiger partial charge in [0, 0.05) is 22.4 Å². The summed E-state index contributed by atoms with van der Waals surface area (Å²) in [6.07, 6.45) is 0.831. The van der Waals surface area contributed by atoms with E-state index in [1.807, 2.05) is 0 Å². The molecule has 0 radical (unpaired) electrons. The highest BCUT2D eigenvalue weighted by Gasteiger charge is 2.29. The van der Waals surface area contributed by atoms with Crippen molar-refractivity contribution in [2.45, 2.75) is 19.3 Å². The molecule has 0 unspecified atom stereocenters. The van der Waals surface area contributed by atoms with Crippen LogP contribution in [0.2, 0.25) is 0 Å². The molecule has 1 nitrogen and oxygen atoms in total. The average Bonchev–Trinajstić information content (AvgIpc) is 3.87. The van der Waals surface area contributed by atoms with E-state index >= 15 is 0 Å². The van der Waals surface area contributed by atoms with Crippen molar-refractivity contribution in [3.63, 3.8) is 0 Å². The van der Waals surface area contributed by atoms with Crippen LogP contribution in [0.1, 0.15) is 39.3 Å². The van der Waals surface area contributed by atoms with E-state index in [4.69, 9.17) is 0 Å². The Balaban J connectivity index is 0.870. The third-order valence-corrected chi connectivity index (χ3v) is 13.5. The summed E-state index contributed by atoms with van der Waals surface area (Å²) in [5.41, 5.74) is 24.2. The van der Waals surface area contributed by atoms with E-state index in [9.17, 15) is 0 Å². The quantitative estimate of drug-likeness (QED) is 0.144. The fourth-order valence-electron chi connectivity index (χ4n) is 10.4. The first-order chi connectivity index (χ1) is 31.6. The molecular formula is C63H45N. The minimum Gasteiger partial charge on any atom is -0.309 e. The summed E-state index contributed by atoms with van der Waals surface area (Å²) >= 11 is 0. The van der Waals surface area contributed by atoms with Gasteiger partial charge in [-0.2, -0.15) is 0 Å². The summed E-state index contributed by atoms with van der Waals surface area (Å²) in [6, 6.07) is 87.4. The minimum absolute atomic E-state index is 0.243. The number of benzene rings is 10. The molecule has 0 amide bonds. The van der Waals surface area contributed by atoms with Gasteiger partial charge >= 0.3 is 0 Å². The Kier molecular flexibility index (Phi) is 9.27. The molecule has 1 heterocycles. The molecule has 0 saturated heterocycles. The van der Waals surface area contributed by atoms with E-state index in [2.05, 4.69) is 248 Å². The second-order valence-electron chi connectivity index (χ2n) is 17.3. The Morgan fingerprint density at radius 1 is 0.359 bits per heavy atom. The maximum absolute atomic E-state index is 2.41. The molecule has 1 aliphatic carbocycles. The topological polar surface area (TPSA) is 4.93 Å². The van der Waals surface area contributed by atoms with Gasteiger partial charge in [-0.05, 0) is 139 Å². The summed E-state index contributed by atoms with van der Waals surface area (Å²) in [6.45, 7) is 2.23. The lowest BCUT2D eigenvalue weighted by Gasteiger charge is -2.17.